The maximum Gasteiger partial charge on any atom is 0.254 e. The summed E-state index contributed by atoms with van der Waals surface area (Å²) in [5.41, 5.74) is 0.332. The van der Waals surface area contributed by atoms with Gasteiger partial charge in [0, 0.05) is 6.42 Å². The Morgan fingerprint density at radius 3 is 2.56 bits per heavy atom. The van der Waals surface area contributed by atoms with Gasteiger partial charge in [-0.15, -0.1) is 0 Å². The molecule has 0 saturated heterocycles. The summed E-state index contributed by atoms with van der Waals surface area (Å²) in [6.07, 6.45) is 0.774. The third-order valence-corrected chi connectivity index (χ3v) is 5.04. The molecular weight excluding hydrogens is 375 g/mol. The van der Waals surface area contributed by atoms with E-state index in [0.29, 0.717) is 24.7 Å². The first-order chi connectivity index (χ1) is 12.8. The summed E-state index contributed by atoms with van der Waals surface area (Å²) in [4.78, 5) is 12.1. The number of fused-ring (bicyclic) bond motifs is 1. The lowest BCUT2D eigenvalue weighted by Crippen LogP contribution is -2.28. The van der Waals surface area contributed by atoms with Crippen LogP contribution in [0.25, 0.3) is 0 Å². The molecule has 0 spiro atoms. The number of benzene rings is 2. The molecule has 1 unspecified atom stereocenters. The van der Waals surface area contributed by atoms with Gasteiger partial charge in [0.2, 0.25) is 10.0 Å². The summed E-state index contributed by atoms with van der Waals surface area (Å²) >= 11 is 0. The molecule has 144 valence electrons. The molecule has 3 rings (SSSR count). The first-order valence-electron chi connectivity index (χ1n) is 8.28. The summed E-state index contributed by atoms with van der Waals surface area (Å²) in [6, 6.07) is 7.62. The molecule has 27 heavy (non-hydrogen) atoms. The number of amides is 1. The lowest BCUT2D eigenvalue weighted by molar-refractivity contribution is 0.0935. The smallest absolute Gasteiger partial charge is 0.254 e. The van der Waals surface area contributed by atoms with Crippen LogP contribution in [0, 0.1) is 5.82 Å². The summed E-state index contributed by atoms with van der Waals surface area (Å²) in [5, 5.41) is 7.68. The van der Waals surface area contributed by atoms with Crippen LogP contribution in [0.3, 0.4) is 0 Å². The molecule has 7 nitrogen and oxygen atoms in total. The average Bonchev–Trinajstić information content (AvgIpc) is 2.85. The molecule has 1 amide bonds. The van der Waals surface area contributed by atoms with Gasteiger partial charge in [-0.05, 0) is 42.8 Å². The van der Waals surface area contributed by atoms with Crippen molar-refractivity contribution in [1.29, 1.82) is 0 Å². The number of sulfonamides is 1. The van der Waals surface area contributed by atoms with Gasteiger partial charge in [0.15, 0.2) is 11.5 Å². The zero-order valence-corrected chi connectivity index (χ0v) is 15.4. The Morgan fingerprint density at radius 2 is 1.85 bits per heavy atom. The fourth-order valence-corrected chi connectivity index (χ4v) is 3.20. The molecule has 0 aliphatic carbocycles. The summed E-state index contributed by atoms with van der Waals surface area (Å²) in [5.74, 6) is -0.390. The van der Waals surface area contributed by atoms with Crippen molar-refractivity contribution < 1.29 is 27.1 Å². The second-order valence-corrected chi connectivity index (χ2v) is 7.70. The van der Waals surface area contributed by atoms with Gasteiger partial charge in [-0.25, -0.2) is 17.9 Å². The van der Waals surface area contributed by atoms with E-state index in [-0.39, 0.29) is 4.90 Å². The Balaban J connectivity index is 1.81. The number of hydrogen-bond acceptors (Lipinski definition) is 5. The molecule has 0 saturated carbocycles. The van der Waals surface area contributed by atoms with Gasteiger partial charge in [0.05, 0.1) is 29.7 Å². The Kier molecular flexibility index (Phi) is 5.33. The van der Waals surface area contributed by atoms with Crippen LogP contribution in [0.1, 0.15) is 35.3 Å². The monoisotopic (exact) mass is 394 g/mol. The zero-order chi connectivity index (χ0) is 19.6. The van der Waals surface area contributed by atoms with Gasteiger partial charge < -0.3 is 14.8 Å². The van der Waals surface area contributed by atoms with Crippen LogP contribution in [0.4, 0.5) is 4.39 Å². The maximum atomic E-state index is 14.0. The molecule has 0 bridgehead atoms. The van der Waals surface area contributed by atoms with Crippen molar-refractivity contribution in [2.75, 3.05) is 13.2 Å². The first-order valence-corrected chi connectivity index (χ1v) is 9.83. The molecule has 2 aromatic carbocycles. The molecular formula is C18H19FN2O5S. The molecule has 0 radical (unpaired) electrons. The molecule has 0 aromatic heterocycles. The highest BCUT2D eigenvalue weighted by Gasteiger charge is 2.20. The third kappa shape index (κ3) is 4.37. The second kappa shape index (κ2) is 7.53. The number of nitrogens with two attached hydrogens (primary N) is 1. The number of nitrogens with one attached hydrogen (secondary N) is 1. The number of ether oxygens (including phenoxy) is 2. The lowest BCUT2D eigenvalue weighted by Gasteiger charge is -2.17. The van der Waals surface area contributed by atoms with Crippen molar-refractivity contribution in [1.82, 2.24) is 5.32 Å². The van der Waals surface area contributed by atoms with E-state index in [4.69, 9.17) is 14.6 Å². The van der Waals surface area contributed by atoms with E-state index in [0.717, 1.165) is 30.2 Å². The highest BCUT2D eigenvalue weighted by Crippen LogP contribution is 2.32. The fourth-order valence-electron chi connectivity index (χ4n) is 2.66. The van der Waals surface area contributed by atoms with Crippen molar-refractivity contribution in [3.8, 4) is 11.5 Å². The third-order valence-electron chi connectivity index (χ3n) is 4.13. The molecule has 1 heterocycles. The van der Waals surface area contributed by atoms with E-state index < -0.39 is 33.4 Å². The van der Waals surface area contributed by atoms with Crippen molar-refractivity contribution in [3.05, 3.63) is 53.3 Å². The van der Waals surface area contributed by atoms with E-state index in [1.807, 2.05) is 0 Å². The highest BCUT2D eigenvalue weighted by atomic mass is 32.2. The van der Waals surface area contributed by atoms with Gasteiger partial charge in [0.25, 0.3) is 5.91 Å². The van der Waals surface area contributed by atoms with Crippen molar-refractivity contribution >= 4 is 15.9 Å². The van der Waals surface area contributed by atoms with Crippen molar-refractivity contribution in [2.24, 2.45) is 5.14 Å². The van der Waals surface area contributed by atoms with Gasteiger partial charge >= 0.3 is 0 Å². The van der Waals surface area contributed by atoms with E-state index in [1.54, 1.807) is 25.1 Å². The van der Waals surface area contributed by atoms with Gasteiger partial charge in [0.1, 0.15) is 5.82 Å². The maximum absolute atomic E-state index is 14.0. The molecule has 1 aliphatic heterocycles. The highest BCUT2D eigenvalue weighted by molar-refractivity contribution is 7.89. The Labute approximate surface area is 156 Å². The largest absolute Gasteiger partial charge is 0.490 e. The number of rotatable bonds is 4. The molecule has 3 N–H and O–H groups in total. The predicted molar refractivity (Wildman–Crippen MR) is 95.7 cm³/mol. The first kappa shape index (κ1) is 19.1. The molecule has 1 aliphatic rings. The SMILES string of the molecule is CC(NC(=O)c1cc(S(N)(=O)=O)ccc1F)c1ccc2c(c1)OCCCO2. The number of primary sulfonamides is 1. The minimum atomic E-state index is -4.05. The van der Waals surface area contributed by atoms with Crippen LogP contribution in [-0.2, 0) is 10.0 Å². The molecule has 9 heteroatoms. The van der Waals surface area contributed by atoms with Crippen LogP contribution < -0.4 is 19.9 Å². The number of hydrogen-bond donors (Lipinski definition) is 2. The summed E-state index contributed by atoms with van der Waals surface area (Å²) < 4.78 is 48.0. The normalized spacial score (nSPS) is 14.9. The van der Waals surface area contributed by atoms with Gasteiger partial charge in [-0.3, -0.25) is 4.79 Å². The topological polar surface area (TPSA) is 108 Å². The van der Waals surface area contributed by atoms with Crippen LogP contribution in [0.15, 0.2) is 41.3 Å². The van der Waals surface area contributed by atoms with E-state index in [9.17, 15) is 17.6 Å². The van der Waals surface area contributed by atoms with Crippen LogP contribution in [0.2, 0.25) is 0 Å². The van der Waals surface area contributed by atoms with E-state index >= 15 is 0 Å². The number of halogens is 1. The van der Waals surface area contributed by atoms with Crippen molar-refractivity contribution in [3.63, 3.8) is 0 Å². The predicted octanol–water partition coefficient (Wildman–Crippen LogP) is 2.13. The summed E-state index contributed by atoms with van der Waals surface area (Å²) in [7, 11) is -4.05. The second-order valence-electron chi connectivity index (χ2n) is 6.14. The zero-order valence-electron chi connectivity index (χ0n) is 14.6. The molecule has 1 atom stereocenters. The van der Waals surface area contributed by atoms with Crippen LogP contribution in [-0.4, -0.2) is 27.5 Å². The number of carbonyl (C=O) groups is 1. The molecule has 2 aromatic rings. The quantitative estimate of drug-likeness (QED) is 0.826. The standard InChI is InChI=1S/C18H19FN2O5S/c1-11(12-3-6-16-17(9-12)26-8-2-7-25-16)21-18(22)14-10-13(27(20,23)24)4-5-15(14)19/h3-6,9-11H,2,7-8H2,1H3,(H,21,22)(H2,20,23,24). The Morgan fingerprint density at radius 1 is 1.15 bits per heavy atom. The minimum absolute atomic E-state index is 0.336. The minimum Gasteiger partial charge on any atom is -0.490 e. The Hall–Kier alpha value is -2.65. The Bertz CT molecular complexity index is 978. The number of carbonyl (C=O) groups excluding carboxylic acids is 1. The summed E-state index contributed by atoms with van der Waals surface area (Å²) in [6.45, 7) is 2.82. The van der Waals surface area contributed by atoms with Gasteiger partial charge in [-0.2, -0.15) is 0 Å². The van der Waals surface area contributed by atoms with E-state index in [1.165, 1.54) is 0 Å². The lowest BCUT2D eigenvalue weighted by atomic mass is 10.1. The van der Waals surface area contributed by atoms with Gasteiger partial charge in [-0.1, -0.05) is 6.07 Å². The van der Waals surface area contributed by atoms with Crippen LogP contribution >= 0.6 is 0 Å². The average molecular weight is 394 g/mol. The van der Waals surface area contributed by atoms with Crippen LogP contribution in [0.5, 0.6) is 11.5 Å². The molecule has 0 fully saturated rings. The van der Waals surface area contributed by atoms with Crippen molar-refractivity contribution in [2.45, 2.75) is 24.3 Å². The fraction of sp³-hybridized carbons (Fsp3) is 0.278. The van der Waals surface area contributed by atoms with E-state index in [2.05, 4.69) is 5.32 Å².